The van der Waals surface area contributed by atoms with Crippen molar-refractivity contribution in [1.29, 1.82) is 0 Å². The molecule has 9 heteroatoms. The Morgan fingerprint density at radius 1 is 1.14 bits per heavy atom. The lowest BCUT2D eigenvalue weighted by Crippen LogP contribution is -2.62. The van der Waals surface area contributed by atoms with E-state index in [1.54, 1.807) is 26.0 Å². The molecule has 2 heterocycles. The Kier molecular flexibility index (Phi) is 6.51. The van der Waals surface area contributed by atoms with Crippen molar-refractivity contribution in [3.05, 3.63) is 50.6 Å². The molecular formula is C20H19Cl2NO5S. The molecule has 1 aromatic heterocycles. The fourth-order valence-electron chi connectivity index (χ4n) is 3.57. The van der Waals surface area contributed by atoms with Gasteiger partial charge in [0.1, 0.15) is 0 Å². The van der Waals surface area contributed by atoms with E-state index in [1.807, 2.05) is 5.38 Å². The summed E-state index contributed by atoms with van der Waals surface area (Å²) in [6.07, 6.45) is -0.0572. The van der Waals surface area contributed by atoms with Gasteiger partial charge in [0.2, 0.25) is 5.91 Å². The lowest BCUT2D eigenvalue weighted by molar-refractivity contribution is -0.164. The van der Waals surface area contributed by atoms with Crippen LogP contribution in [-0.2, 0) is 23.9 Å². The van der Waals surface area contributed by atoms with E-state index in [4.69, 9.17) is 32.7 Å². The number of hydrogen-bond acceptors (Lipinski definition) is 6. The van der Waals surface area contributed by atoms with Crippen molar-refractivity contribution in [3.63, 3.8) is 0 Å². The number of anilines is 1. The molecule has 154 valence electrons. The summed E-state index contributed by atoms with van der Waals surface area (Å²) in [4.78, 5) is 41.6. The van der Waals surface area contributed by atoms with Crippen molar-refractivity contribution in [2.45, 2.75) is 31.7 Å². The van der Waals surface area contributed by atoms with Crippen LogP contribution in [-0.4, -0.2) is 36.6 Å². The second kappa shape index (κ2) is 8.73. The number of amides is 1. The number of rotatable bonds is 6. The first-order valence-corrected chi connectivity index (χ1v) is 10.7. The van der Waals surface area contributed by atoms with Crippen LogP contribution >= 0.6 is 34.5 Å². The first-order chi connectivity index (χ1) is 13.9. The van der Waals surface area contributed by atoms with E-state index in [1.165, 1.54) is 29.5 Å². The van der Waals surface area contributed by atoms with Gasteiger partial charge < -0.3 is 9.47 Å². The highest BCUT2D eigenvalue weighted by Crippen LogP contribution is 2.49. The molecule has 0 unspecified atom stereocenters. The van der Waals surface area contributed by atoms with Crippen LogP contribution in [0.5, 0.6) is 0 Å². The van der Waals surface area contributed by atoms with Crippen LogP contribution in [0.1, 0.15) is 31.1 Å². The third-order valence-electron chi connectivity index (χ3n) is 4.71. The number of nitrogens with zero attached hydrogens (tertiary/aromatic N) is 1. The van der Waals surface area contributed by atoms with Crippen LogP contribution in [0.2, 0.25) is 10.0 Å². The third-order valence-corrected chi connectivity index (χ3v) is 6.43. The zero-order valence-corrected chi connectivity index (χ0v) is 18.1. The summed E-state index contributed by atoms with van der Waals surface area (Å²) in [5.41, 5.74) is -1.73. The molecule has 1 amide bonds. The molecule has 2 aromatic rings. The average molecular weight is 456 g/mol. The molecule has 0 saturated carbocycles. The molecule has 3 rings (SSSR count). The van der Waals surface area contributed by atoms with Crippen molar-refractivity contribution in [2.75, 3.05) is 18.1 Å². The van der Waals surface area contributed by atoms with Gasteiger partial charge in [-0.1, -0.05) is 29.3 Å². The van der Waals surface area contributed by atoms with Crippen molar-refractivity contribution in [1.82, 2.24) is 0 Å². The first-order valence-electron chi connectivity index (χ1n) is 9.03. The Morgan fingerprint density at radius 3 is 2.31 bits per heavy atom. The maximum absolute atomic E-state index is 13.3. The Balaban J connectivity index is 2.27. The van der Waals surface area contributed by atoms with Crippen LogP contribution in [0.15, 0.2) is 35.7 Å². The molecule has 1 aliphatic rings. The van der Waals surface area contributed by atoms with Crippen molar-refractivity contribution in [2.24, 2.45) is 0 Å². The SMILES string of the molecule is CCOC(=O)C1(C(=O)OCC)[C@H](c2cccs2)CC(=O)N1c1ccc(Cl)c(Cl)c1. The summed E-state index contributed by atoms with van der Waals surface area (Å²) in [6, 6.07) is 8.08. The zero-order valence-electron chi connectivity index (χ0n) is 15.8. The van der Waals surface area contributed by atoms with Gasteiger partial charge in [-0.25, -0.2) is 9.59 Å². The molecule has 29 heavy (non-hydrogen) atoms. The minimum atomic E-state index is -1.99. The van der Waals surface area contributed by atoms with Crippen molar-refractivity contribution in [3.8, 4) is 0 Å². The van der Waals surface area contributed by atoms with Crippen LogP contribution in [0.3, 0.4) is 0 Å². The highest BCUT2D eigenvalue weighted by molar-refractivity contribution is 7.10. The quantitative estimate of drug-likeness (QED) is 0.475. The molecule has 1 aromatic carbocycles. The second-order valence-corrected chi connectivity index (χ2v) is 8.10. The average Bonchev–Trinajstić information content (AvgIpc) is 3.30. The number of benzene rings is 1. The summed E-state index contributed by atoms with van der Waals surface area (Å²) in [7, 11) is 0. The highest BCUT2D eigenvalue weighted by Gasteiger charge is 2.66. The predicted molar refractivity (Wildman–Crippen MR) is 112 cm³/mol. The maximum atomic E-state index is 13.3. The summed E-state index contributed by atoms with van der Waals surface area (Å²) < 4.78 is 10.6. The molecule has 0 bridgehead atoms. The lowest BCUT2D eigenvalue weighted by Gasteiger charge is -2.37. The molecule has 1 saturated heterocycles. The monoisotopic (exact) mass is 455 g/mol. The number of carbonyl (C=O) groups excluding carboxylic acids is 3. The van der Waals surface area contributed by atoms with Crippen LogP contribution in [0.4, 0.5) is 5.69 Å². The number of thiophene rings is 1. The first kappa shape index (κ1) is 21.6. The minimum absolute atomic E-state index is 0.0422. The van der Waals surface area contributed by atoms with Gasteiger partial charge in [-0.3, -0.25) is 9.69 Å². The van der Waals surface area contributed by atoms with Gasteiger partial charge in [0.25, 0.3) is 5.54 Å². The fourth-order valence-corrected chi connectivity index (χ4v) is 4.75. The van der Waals surface area contributed by atoms with E-state index in [0.29, 0.717) is 4.88 Å². The van der Waals surface area contributed by atoms with E-state index in [2.05, 4.69) is 0 Å². The maximum Gasteiger partial charge on any atom is 0.344 e. The largest absolute Gasteiger partial charge is 0.464 e. The van der Waals surface area contributed by atoms with E-state index in [0.717, 1.165) is 4.90 Å². The number of esters is 2. The van der Waals surface area contributed by atoms with E-state index < -0.39 is 29.3 Å². The Hall–Kier alpha value is -2.09. The summed E-state index contributed by atoms with van der Waals surface area (Å²) >= 11 is 13.5. The van der Waals surface area contributed by atoms with E-state index in [-0.39, 0.29) is 35.4 Å². The molecule has 1 fully saturated rings. The van der Waals surface area contributed by atoms with Gasteiger partial charge in [0.15, 0.2) is 0 Å². The minimum Gasteiger partial charge on any atom is -0.464 e. The van der Waals surface area contributed by atoms with Gasteiger partial charge in [0.05, 0.1) is 23.3 Å². The van der Waals surface area contributed by atoms with Crippen LogP contribution in [0, 0.1) is 0 Å². The number of carbonyl (C=O) groups is 3. The third kappa shape index (κ3) is 3.63. The molecule has 0 aliphatic carbocycles. The Bertz CT molecular complexity index is 913. The number of ether oxygens (including phenoxy) is 2. The van der Waals surface area contributed by atoms with E-state index in [9.17, 15) is 14.4 Å². The molecular weight excluding hydrogens is 437 g/mol. The standard InChI is InChI=1S/C20H19Cl2NO5S/c1-3-27-18(25)20(19(26)28-4-2)13(16-6-5-9-29-16)11-17(24)23(20)12-7-8-14(21)15(22)10-12/h5-10,13H,3-4,11H2,1-2H3/t13-/m0/s1. The van der Waals surface area contributed by atoms with Crippen molar-refractivity contribution < 1.29 is 23.9 Å². The predicted octanol–water partition coefficient (Wildman–Crippen LogP) is 4.44. The van der Waals surface area contributed by atoms with Gasteiger partial charge in [0, 0.05) is 22.9 Å². The summed E-state index contributed by atoms with van der Waals surface area (Å²) in [5.74, 6) is -2.85. The molecule has 0 radical (unpaired) electrons. The number of hydrogen-bond donors (Lipinski definition) is 0. The van der Waals surface area contributed by atoms with Gasteiger partial charge in [-0.2, -0.15) is 0 Å². The van der Waals surface area contributed by atoms with Crippen molar-refractivity contribution >= 4 is 58.1 Å². The molecule has 1 atom stereocenters. The zero-order chi connectivity index (χ0) is 21.2. The van der Waals surface area contributed by atoms with E-state index >= 15 is 0 Å². The normalized spacial score (nSPS) is 18.0. The van der Waals surface area contributed by atoms with Crippen LogP contribution in [0.25, 0.3) is 0 Å². The molecule has 0 N–H and O–H groups in total. The molecule has 6 nitrogen and oxygen atoms in total. The lowest BCUT2D eigenvalue weighted by atomic mass is 9.83. The second-order valence-electron chi connectivity index (χ2n) is 6.31. The summed E-state index contributed by atoms with van der Waals surface area (Å²) in [5, 5.41) is 2.30. The molecule has 0 spiro atoms. The smallest absolute Gasteiger partial charge is 0.344 e. The fraction of sp³-hybridized carbons (Fsp3) is 0.350. The topological polar surface area (TPSA) is 72.9 Å². The van der Waals surface area contributed by atoms with Gasteiger partial charge >= 0.3 is 11.9 Å². The Morgan fingerprint density at radius 2 is 1.79 bits per heavy atom. The highest BCUT2D eigenvalue weighted by atomic mass is 35.5. The van der Waals surface area contributed by atoms with Gasteiger partial charge in [-0.05, 0) is 43.5 Å². The van der Waals surface area contributed by atoms with Gasteiger partial charge in [-0.15, -0.1) is 11.3 Å². The van der Waals surface area contributed by atoms with Crippen LogP contribution < -0.4 is 4.90 Å². The number of halogens is 2. The summed E-state index contributed by atoms with van der Waals surface area (Å²) in [6.45, 7) is 3.36. The Labute approximate surface area is 182 Å². The molecule has 1 aliphatic heterocycles.